The Morgan fingerprint density at radius 1 is 1.24 bits per heavy atom. The van der Waals surface area contributed by atoms with Gasteiger partial charge in [0.1, 0.15) is 0 Å². The zero-order valence-electron chi connectivity index (χ0n) is 12.4. The molecule has 2 aliphatic heterocycles. The van der Waals surface area contributed by atoms with Gasteiger partial charge in [0.2, 0.25) is 5.91 Å². The molecule has 2 fully saturated rings. The van der Waals surface area contributed by atoms with E-state index in [9.17, 15) is 9.90 Å². The lowest BCUT2D eigenvalue weighted by Gasteiger charge is -2.33. The van der Waals surface area contributed by atoms with Gasteiger partial charge in [0.15, 0.2) is 0 Å². The number of rotatable bonds is 3. The van der Waals surface area contributed by atoms with Gasteiger partial charge in [0.05, 0.1) is 12.1 Å². The molecule has 1 aromatic rings. The molecule has 2 unspecified atom stereocenters. The maximum absolute atomic E-state index is 12.4. The highest BCUT2D eigenvalue weighted by Gasteiger charge is 2.32. The van der Waals surface area contributed by atoms with Crippen molar-refractivity contribution in [1.82, 2.24) is 10.2 Å². The molecular weight excluding hydrogens is 264 g/mol. The van der Waals surface area contributed by atoms with Crippen LogP contribution in [0.3, 0.4) is 0 Å². The van der Waals surface area contributed by atoms with Crippen molar-refractivity contribution >= 4 is 5.91 Å². The van der Waals surface area contributed by atoms with Gasteiger partial charge in [-0.25, -0.2) is 0 Å². The van der Waals surface area contributed by atoms with Gasteiger partial charge in [-0.15, -0.1) is 0 Å². The fourth-order valence-corrected chi connectivity index (χ4v) is 3.43. The third kappa shape index (κ3) is 3.63. The van der Waals surface area contributed by atoms with Crippen LogP contribution in [-0.2, 0) is 11.2 Å². The van der Waals surface area contributed by atoms with E-state index in [-0.39, 0.29) is 18.1 Å². The molecule has 0 spiro atoms. The molecule has 2 saturated heterocycles. The lowest BCUT2D eigenvalue weighted by Crippen LogP contribution is -2.47. The first kappa shape index (κ1) is 14.5. The first-order valence-corrected chi connectivity index (χ1v) is 7.96. The Bertz CT molecular complexity index is 469. The van der Waals surface area contributed by atoms with Crippen LogP contribution in [0.2, 0.25) is 0 Å². The van der Waals surface area contributed by atoms with E-state index in [1.54, 1.807) is 0 Å². The van der Waals surface area contributed by atoms with Crippen molar-refractivity contribution < 1.29 is 9.90 Å². The van der Waals surface area contributed by atoms with Crippen molar-refractivity contribution in [3.8, 4) is 0 Å². The summed E-state index contributed by atoms with van der Waals surface area (Å²) in [6, 6.07) is 10.4. The van der Waals surface area contributed by atoms with E-state index in [1.165, 1.54) is 5.56 Å². The molecule has 0 aliphatic carbocycles. The molecular formula is C17H24N2O2. The Hall–Kier alpha value is -1.39. The van der Waals surface area contributed by atoms with E-state index in [2.05, 4.69) is 29.6 Å². The van der Waals surface area contributed by atoms with Crippen LogP contribution < -0.4 is 5.32 Å². The number of likely N-dealkylation sites (tertiary alicyclic amines) is 1. The molecule has 2 N–H and O–H groups in total. The highest BCUT2D eigenvalue weighted by Crippen LogP contribution is 2.23. The largest absolute Gasteiger partial charge is 0.392 e. The van der Waals surface area contributed by atoms with E-state index in [0.717, 1.165) is 32.4 Å². The number of carbonyl (C=O) groups excluding carboxylic acids is 1. The van der Waals surface area contributed by atoms with Crippen LogP contribution in [-0.4, -0.2) is 47.7 Å². The monoisotopic (exact) mass is 288 g/mol. The Labute approximate surface area is 126 Å². The molecule has 4 heteroatoms. The van der Waals surface area contributed by atoms with E-state index >= 15 is 0 Å². The van der Waals surface area contributed by atoms with Crippen molar-refractivity contribution in [3.05, 3.63) is 35.9 Å². The average molecular weight is 288 g/mol. The van der Waals surface area contributed by atoms with E-state index in [4.69, 9.17) is 0 Å². The number of aliphatic hydroxyl groups is 1. The standard InChI is InChI=1S/C17H24N2O2/c20-15-11-16(18-12-15)17(21)19-8-6-14(7-9-19)10-13-4-2-1-3-5-13/h1-5,14-16,18,20H,6-12H2. The number of piperidine rings is 1. The van der Waals surface area contributed by atoms with Crippen LogP contribution in [0.5, 0.6) is 0 Å². The van der Waals surface area contributed by atoms with Gasteiger partial charge in [0.25, 0.3) is 0 Å². The minimum absolute atomic E-state index is 0.171. The minimum Gasteiger partial charge on any atom is -0.392 e. The summed E-state index contributed by atoms with van der Waals surface area (Å²) in [4.78, 5) is 14.3. The maximum Gasteiger partial charge on any atom is 0.239 e. The molecule has 0 aromatic heterocycles. The SMILES string of the molecule is O=C(C1CC(O)CN1)N1CCC(Cc2ccccc2)CC1. The highest BCUT2D eigenvalue weighted by atomic mass is 16.3. The van der Waals surface area contributed by atoms with Gasteiger partial charge >= 0.3 is 0 Å². The Morgan fingerprint density at radius 3 is 2.57 bits per heavy atom. The van der Waals surface area contributed by atoms with Crippen LogP contribution in [0.25, 0.3) is 0 Å². The summed E-state index contributed by atoms with van der Waals surface area (Å²) in [7, 11) is 0. The average Bonchev–Trinajstić information content (AvgIpc) is 2.95. The first-order chi connectivity index (χ1) is 10.2. The van der Waals surface area contributed by atoms with Gasteiger partial charge in [-0.05, 0) is 37.2 Å². The zero-order chi connectivity index (χ0) is 14.7. The molecule has 114 valence electrons. The smallest absolute Gasteiger partial charge is 0.239 e. The van der Waals surface area contributed by atoms with E-state index in [0.29, 0.717) is 18.9 Å². The normalized spacial score (nSPS) is 27.0. The number of nitrogens with one attached hydrogen (secondary N) is 1. The number of carbonyl (C=O) groups is 1. The lowest BCUT2D eigenvalue weighted by atomic mass is 9.90. The Balaban J connectivity index is 1.47. The molecule has 4 nitrogen and oxygen atoms in total. The summed E-state index contributed by atoms with van der Waals surface area (Å²) in [6.45, 7) is 2.25. The Morgan fingerprint density at radius 2 is 1.95 bits per heavy atom. The van der Waals surface area contributed by atoms with Crippen molar-refractivity contribution in [1.29, 1.82) is 0 Å². The zero-order valence-corrected chi connectivity index (χ0v) is 12.4. The molecule has 0 bridgehead atoms. The summed E-state index contributed by atoms with van der Waals surface area (Å²) in [6.07, 6.45) is 3.47. The predicted molar refractivity (Wildman–Crippen MR) is 81.9 cm³/mol. The molecule has 2 aliphatic rings. The topological polar surface area (TPSA) is 52.6 Å². The van der Waals surface area contributed by atoms with Crippen molar-refractivity contribution in [3.63, 3.8) is 0 Å². The summed E-state index contributed by atoms with van der Waals surface area (Å²) < 4.78 is 0. The van der Waals surface area contributed by atoms with Crippen molar-refractivity contribution in [2.24, 2.45) is 5.92 Å². The summed E-state index contributed by atoms with van der Waals surface area (Å²) in [5.41, 5.74) is 1.39. The number of amides is 1. The highest BCUT2D eigenvalue weighted by molar-refractivity contribution is 5.82. The molecule has 3 rings (SSSR count). The number of β-amino-alcohol motifs (C(OH)–C–C–N with tert-alkyl or cyclic N) is 1. The van der Waals surface area contributed by atoms with E-state index in [1.807, 2.05) is 11.0 Å². The molecule has 2 heterocycles. The van der Waals surface area contributed by atoms with Crippen LogP contribution in [0.1, 0.15) is 24.8 Å². The maximum atomic E-state index is 12.4. The van der Waals surface area contributed by atoms with Gasteiger partial charge in [-0.3, -0.25) is 4.79 Å². The molecule has 1 aromatic carbocycles. The van der Waals surface area contributed by atoms with Crippen molar-refractivity contribution in [2.45, 2.75) is 37.8 Å². The molecule has 0 radical (unpaired) electrons. The number of nitrogens with zero attached hydrogens (tertiary/aromatic N) is 1. The number of benzene rings is 1. The van der Waals surface area contributed by atoms with E-state index < -0.39 is 0 Å². The second-order valence-corrected chi connectivity index (χ2v) is 6.31. The van der Waals surface area contributed by atoms with Crippen LogP contribution in [0.15, 0.2) is 30.3 Å². The van der Waals surface area contributed by atoms with Gasteiger partial charge < -0.3 is 15.3 Å². The minimum atomic E-state index is -0.366. The number of hydrogen-bond donors (Lipinski definition) is 2. The Kier molecular flexibility index (Phi) is 4.56. The quantitative estimate of drug-likeness (QED) is 0.878. The van der Waals surface area contributed by atoms with Gasteiger partial charge in [0, 0.05) is 19.6 Å². The molecule has 21 heavy (non-hydrogen) atoms. The summed E-state index contributed by atoms with van der Waals surface area (Å²) in [5.74, 6) is 0.850. The van der Waals surface area contributed by atoms with Crippen molar-refractivity contribution in [2.75, 3.05) is 19.6 Å². The molecule has 0 saturated carbocycles. The van der Waals surface area contributed by atoms with Crippen LogP contribution >= 0.6 is 0 Å². The second kappa shape index (κ2) is 6.58. The van der Waals surface area contributed by atoms with Crippen LogP contribution in [0.4, 0.5) is 0 Å². The third-order valence-electron chi connectivity index (χ3n) is 4.70. The van der Waals surface area contributed by atoms with Gasteiger partial charge in [-0.1, -0.05) is 30.3 Å². The van der Waals surface area contributed by atoms with Gasteiger partial charge in [-0.2, -0.15) is 0 Å². The molecule has 1 amide bonds. The summed E-state index contributed by atoms with van der Waals surface area (Å²) >= 11 is 0. The molecule has 2 atom stereocenters. The first-order valence-electron chi connectivity index (χ1n) is 7.96. The lowest BCUT2D eigenvalue weighted by molar-refractivity contribution is -0.134. The fraction of sp³-hybridized carbons (Fsp3) is 0.588. The second-order valence-electron chi connectivity index (χ2n) is 6.31. The van der Waals surface area contributed by atoms with Crippen LogP contribution in [0, 0.1) is 5.92 Å². The fourth-order valence-electron chi connectivity index (χ4n) is 3.43. The predicted octanol–water partition coefficient (Wildman–Crippen LogP) is 1.19. The third-order valence-corrected chi connectivity index (χ3v) is 4.70. The number of hydrogen-bond acceptors (Lipinski definition) is 3. The summed E-state index contributed by atoms with van der Waals surface area (Å²) in [5, 5.41) is 12.6. The number of aliphatic hydroxyl groups excluding tert-OH is 1.